The second kappa shape index (κ2) is 5.90. The lowest BCUT2D eigenvalue weighted by molar-refractivity contribution is 0.0595. The summed E-state index contributed by atoms with van der Waals surface area (Å²) in [4.78, 5) is 20.2. The van der Waals surface area contributed by atoms with Crippen LogP contribution in [0.1, 0.15) is 16.1 Å². The predicted molar refractivity (Wildman–Crippen MR) is 82.2 cm³/mol. The highest BCUT2D eigenvalue weighted by atomic mass is 35.5. The van der Waals surface area contributed by atoms with E-state index >= 15 is 0 Å². The zero-order chi connectivity index (χ0) is 15.7. The van der Waals surface area contributed by atoms with Gasteiger partial charge in [0.2, 0.25) is 0 Å². The molecule has 3 rings (SSSR count). The quantitative estimate of drug-likeness (QED) is 0.687. The van der Waals surface area contributed by atoms with Crippen molar-refractivity contribution in [3.8, 4) is 0 Å². The van der Waals surface area contributed by atoms with Crippen molar-refractivity contribution >= 4 is 40.3 Å². The van der Waals surface area contributed by atoms with Crippen molar-refractivity contribution in [1.29, 1.82) is 0 Å². The summed E-state index contributed by atoms with van der Waals surface area (Å²) in [6, 6.07) is 5.19. The summed E-state index contributed by atoms with van der Waals surface area (Å²) in [5.74, 6) is -0.563. The Morgan fingerprint density at radius 1 is 1.27 bits per heavy atom. The Morgan fingerprint density at radius 2 is 2.05 bits per heavy atom. The van der Waals surface area contributed by atoms with E-state index in [1.807, 2.05) is 0 Å². The molecule has 0 unspecified atom stereocenters. The van der Waals surface area contributed by atoms with Crippen molar-refractivity contribution in [2.45, 2.75) is 6.54 Å². The maximum absolute atomic E-state index is 11.8. The molecular formula is C14H10Cl2N4O2. The Bertz CT molecular complexity index is 863. The van der Waals surface area contributed by atoms with E-state index in [4.69, 9.17) is 27.9 Å². The van der Waals surface area contributed by atoms with Crippen LogP contribution < -0.4 is 0 Å². The average Bonchev–Trinajstić information content (AvgIpc) is 2.88. The molecule has 0 amide bonds. The van der Waals surface area contributed by atoms with E-state index in [9.17, 15) is 4.79 Å². The smallest absolute Gasteiger partial charge is 0.360 e. The van der Waals surface area contributed by atoms with Crippen molar-refractivity contribution in [2.24, 2.45) is 0 Å². The van der Waals surface area contributed by atoms with Crippen LogP contribution in [0, 0.1) is 0 Å². The number of halogens is 2. The van der Waals surface area contributed by atoms with E-state index in [0.717, 1.165) is 5.56 Å². The van der Waals surface area contributed by atoms with Gasteiger partial charge in [0, 0.05) is 22.4 Å². The molecule has 0 aliphatic rings. The minimum absolute atomic E-state index is 0.121. The van der Waals surface area contributed by atoms with Crippen LogP contribution in [0.4, 0.5) is 0 Å². The van der Waals surface area contributed by atoms with Gasteiger partial charge in [0.05, 0.1) is 13.7 Å². The van der Waals surface area contributed by atoms with E-state index in [-0.39, 0.29) is 5.69 Å². The Hall–Kier alpha value is -2.18. The van der Waals surface area contributed by atoms with E-state index in [1.165, 1.54) is 19.5 Å². The van der Waals surface area contributed by atoms with Gasteiger partial charge in [-0.2, -0.15) is 5.10 Å². The summed E-state index contributed by atoms with van der Waals surface area (Å²) in [5, 5.41) is 5.31. The summed E-state index contributed by atoms with van der Waals surface area (Å²) in [5.41, 5.74) is 1.79. The molecule has 0 aliphatic heterocycles. The van der Waals surface area contributed by atoms with Crippen molar-refractivity contribution in [2.75, 3.05) is 7.11 Å². The molecule has 0 radical (unpaired) electrons. The summed E-state index contributed by atoms with van der Waals surface area (Å²) >= 11 is 12.1. The van der Waals surface area contributed by atoms with Gasteiger partial charge in [0.25, 0.3) is 0 Å². The molecule has 22 heavy (non-hydrogen) atoms. The van der Waals surface area contributed by atoms with Gasteiger partial charge in [-0.1, -0.05) is 29.3 Å². The highest BCUT2D eigenvalue weighted by Crippen LogP contribution is 2.23. The number of nitrogens with zero attached hydrogens (tertiary/aromatic N) is 4. The fourth-order valence-corrected chi connectivity index (χ4v) is 2.53. The van der Waals surface area contributed by atoms with Crippen LogP contribution in [0.15, 0.2) is 30.6 Å². The zero-order valence-corrected chi connectivity index (χ0v) is 13.0. The van der Waals surface area contributed by atoms with Crippen LogP contribution in [-0.4, -0.2) is 32.8 Å². The number of hydrogen-bond donors (Lipinski definition) is 0. The van der Waals surface area contributed by atoms with Gasteiger partial charge in [-0.3, -0.25) is 0 Å². The number of carbonyl (C=O) groups excluding carboxylic acids is 1. The molecule has 0 aliphatic carbocycles. The fourth-order valence-electron chi connectivity index (χ4n) is 2.06. The molecule has 3 aromatic rings. The molecule has 0 saturated carbocycles. The zero-order valence-electron chi connectivity index (χ0n) is 11.5. The first kappa shape index (κ1) is 14.7. The molecule has 1 aromatic carbocycles. The number of benzene rings is 1. The van der Waals surface area contributed by atoms with Gasteiger partial charge >= 0.3 is 5.97 Å². The lowest BCUT2D eigenvalue weighted by Crippen LogP contribution is -2.06. The molecule has 112 valence electrons. The highest BCUT2D eigenvalue weighted by molar-refractivity contribution is 6.35. The third-order valence-electron chi connectivity index (χ3n) is 3.08. The molecule has 0 fully saturated rings. The van der Waals surface area contributed by atoms with E-state index in [0.29, 0.717) is 27.8 Å². The van der Waals surface area contributed by atoms with E-state index < -0.39 is 5.97 Å². The second-order valence-corrected chi connectivity index (χ2v) is 5.31. The third-order valence-corrected chi connectivity index (χ3v) is 3.67. The van der Waals surface area contributed by atoms with Gasteiger partial charge in [0.1, 0.15) is 5.52 Å². The average molecular weight is 337 g/mol. The largest absolute Gasteiger partial charge is 0.464 e. The second-order valence-electron chi connectivity index (χ2n) is 4.46. The first-order valence-corrected chi connectivity index (χ1v) is 7.05. The van der Waals surface area contributed by atoms with Crippen LogP contribution in [0.25, 0.3) is 11.2 Å². The molecule has 0 N–H and O–H groups in total. The third kappa shape index (κ3) is 2.63. The first-order valence-electron chi connectivity index (χ1n) is 6.30. The van der Waals surface area contributed by atoms with Crippen molar-refractivity contribution in [1.82, 2.24) is 19.7 Å². The fraction of sp³-hybridized carbons (Fsp3) is 0.143. The number of esters is 1. The number of rotatable bonds is 3. The SMILES string of the molecule is COC(=O)c1nn(Cc2ccc(Cl)cc2Cl)c2nccnc12. The van der Waals surface area contributed by atoms with Crippen LogP contribution >= 0.6 is 23.2 Å². The number of hydrogen-bond acceptors (Lipinski definition) is 5. The lowest BCUT2D eigenvalue weighted by Gasteiger charge is -2.05. The van der Waals surface area contributed by atoms with E-state index in [1.54, 1.807) is 22.9 Å². The summed E-state index contributed by atoms with van der Waals surface area (Å²) < 4.78 is 6.28. The molecule has 0 atom stereocenters. The van der Waals surface area contributed by atoms with Gasteiger partial charge in [-0.25, -0.2) is 19.4 Å². The van der Waals surface area contributed by atoms with E-state index in [2.05, 4.69) is 15.1 Å². The molecule has 0 bridgehead atoms. The summed E-state index contributed by atoms with van der Waals surface area (Å²) in [7, 11) is 1.29. The lowest BCUT2D eigenvalue weighted by atomic mass is 10.2. The normalized spacial score (nSPS) is 10.9. The number of aromatic nitrogens is 4. The molecular weight excluding hydrogens is 327 g/mol. The van der Waals surface area contributed by atoms with Crippen LogP contribution in [0.2, 0.25) is 10.0 Å². The van der Waals surface area contributed by atoms with Gasteiger partial charge in [0.15, 0.2) is 11.3 Å². The standard InChI is InChI=1S/C14H10Cl2N4O2/c1-22-14(21)12-11-13(18-5-4-17-11)20(19-12)7-8-2-3-9(15)6-10(8)16/h2-6H,7H2,1H3. The predicted octanol–water partition coefficient (Wildman–Crippen LogP) is 2.97. The Morgan fingerprint density at radius 3 is 2.77 bits per heavy atom. The maximum Gasteiger partial charge on any atom is 0.360 e. The van der Waals surface area contributed by atoms with Crippen molar-refractivity contribution in [3.63, 3.8) is 0 Å². The van der Waals surface area contributed by atoms with Crippen LogP contribution in [0.3, 0.4) is 0 Å². The monoisotopic (exact) mass is 336 g/mol. The summed E-state index contributed by atoms with van der Waals surface area (Å²) in [6.45, 7) is 0.336. The van der Waals surface area contributed by atoms with Crippen LogP contribution in [0.5, 0.6) is 0 Å². The first-order chi connectivity index (χ1) is 10.6. The highest BCUT2D eigenvalue weighted by Gasteiger charge is 2.20. The maximum atomic E-state index is 11.8. The molecule has 2 heterocycles. The molecule has 6 nitrogen and oxygen atoms in total. The Labute approximate surface area is 135 Å². The summed E-state index contributed by atoms with van der Waals surface area (Å²) in [6.07, 6.45) is 3.03. The number of methoxy groups -OCH3 is 1. The minimum Gasteiger partial charge on any atom is -0.464 e. The Kier molecular flexibility index (Phi) is 3.96. The Balaban J connectivity index is 2.09. The van der Waals surface area contributed by atoms with Gasteiger partial charge < -0.3 is 4.74 Å². The van der Waals surface area contributed by atoms with Gasteiger partial charge in [-0.15, -0.1) is 0 Å². The molecule has 0 spiro atoms. The van der Waals surface area contributed by atoms with Gasteiger partial charge in [-0.05, 0) is 17.7 Å². The van der Waals surface area contributed by atoms with Crippen molar-refractivity contribution in [3.05, 3.63) is 51.9 Å². The topological polar surface area (TPSA) is 69.9 Å². The number of fused-ring (bicyclic) bond motifs is 1. The van der Waals surface area contributed by atoms with Crippen LogP contribution in [-0.2, 0) is 11.3 Å². The molecule has 0 saturated heterocycles. The molecule has 8 heteroatoms. The number of ether oxygens (including phenoxy) is 1. The minimum atomic E-state index is -0.563. The number of carbonyl (C=O) groups is 1. The molecule has 2 aromatic heterocycles. The van der Waals surface area contributed by atoms with Crippen molar-refractivity contribution < 1.29 is 9.53 Å².